The van der Waals surface area contributed by atoms with Crippen LogP contribution in [-0.4, -0.2) is 21.0 Å². The Hall–Kier alpha value is -0.870. The maximum atomic E-state index is 5.43. The Labute approximate surface area is 95.8 Å². The molecule has 0 aliphatic carbocycles. The van der Waals surface area contributed by atoms with Gasteiger partial charge >= 0.3 is 0 Å². The quantitative estimate of drug-likeness (QED) is 0.619. The summed E-state index contributed by atoms with van der Waals surface area (Å²) >= 11 is 4.26. The molecular formula is C11H16O3S. The largest absolute Gasteiger partial charge is 0.497 e. The van der Waals surface area contributed by atoms with Gasteiger partial charge in [0.1, 0.15) is 11.5 Å². The SMILES string of the molecule is COCOc1cc(OC)cc(CS)c1C. The monoisotopic (exact) mass is 228 g/mol. The minimum absolute atomic E-state index is 0.236. The molecule has 84 valence electrons. The van der Waals surface area contributed by atoms with Crippen LogP contribution < -0.4 is 9.47 Å². The predicted octanol–water partition coefficient (Wildman–Crippen LogP) is 2.42. The molecule has 1 aromatic rings. The van der Waals surface area contributed by atoms with E-state index in [0.29, 0.717) is 5.75 Å². The van der Waals surface area contributed by atoms with E-state index in [1.54, 1.807) is 14.2 Å². The lowest BCUT2D eigenvalue weighted by Crippen LogP contribution is -2.02. The summed E-state index contributed by atoms with van der Waals surface area (Å²) in [6.07, 6.45) is 0. The zero-order valence-electron chi connectivity index (χ0n) is 9.24. The van der Waals surface area contributed by atoms with Gasteiger partial charge in [0.05, 0.1) is 7.11 Å². The van der Waals surface area contributed by atoms with Gasteiger partial charge in [0.2, 0.25) is 0 Å². The lowest BCUT2D eigenvalue weighted by molar-refractivity contribution is 0.0504. The van der Waals surface area contributed by atoms with E-state index in [0.717, 1.165) is 22.6 Å². The van der Waals surface area contributed by atoms with Crippen molar-refractivity contribution in [1.82, 2.24) is 0 Å². The third-order valence-electron chi connectivity index (χ3n) is 2.18. The van der Waals surface area contributed by atoms with Crippen molar-refractivity contribution >= 4 is 12.6 Å². The summed E-state index contributed by atoms with van der Waals surface area (Å²) in [7, 11) is 3.22. The minimum atomic E-state index is 0.236. The topological polar surface area (TPSA) is 27.7 Å². The number of thiol groups is 1. The van der Waals surface area contributed by atoms with E-state index in [-0.39, 0.29) is 6.79 Å². The van der Waals surface area contributed by atoms with Gasteiger partial charge < -0.3 is 14.2 Å². The van der Waals surface area contributed by atoms with Gasteiger partial charge in [0.15, 0.2) is 6.79 Å². The summed E-state index contributed by atoms with van der Waals surface area (Å²) in [5, 5.41) is 0. The van der Waals surface area contributed by atoms with E-state index in [2.05, 4.69) is 12.6 Å². The Bertz CT molecular complexity index is 326. The van der Waals surface area contributed by atoms with Crippen LogP contribution in [0.2, 0.25) is 0 Å². The summed E-state index contributed by atoms with van der Waals surface area (Å²) in [5.41, 5.74) is 2.17. The van der Waals surface area contributed by atoms with E-state index < -0.39 is 0 Å². The predicted molar refractivity (Wildman–Crippen MR) is 62.9 cm³/mol. The van der Waals surface area contributed by atoms with Crippen LogP contribution in [0.5, 0.6) is 11.5 Å². The van der Waals surface area contributed by atoms with E-state index in [4.69, 9.17) is 14.2 Å². The maximum absolute atomic E-state index is 5.43. The first kappa shape index (κ1) is 12.2. The average molecular weight is 228 g/mol. The Morgan fingerprint density at radius 1 is 1.27 bits per heavy atom. The molecule has 1 rings (SSSR count). The van der Waals surface area contributed by atoms with Gasteiger partial charge in [-0.3, -0.25) is 0 Å². The van der Waals surface area contributed by atoms with Crippen LogP contribution in [0, 0.1) is 6.92 Å². The summed E-state index contributed by atoms with van der Waals surface area (Å²) in [4.78, 5) is 0. The van der Waals surface area contributed by atoms with E-state index >= 15 is 0 Å². The number of benzene rings is 1. The van der Waals surface area contributed by atoms with Gasteiger partial charge in [0, 0.05) is 18.9 Å². The molecule has 0 unspecified atom stereocenters. The van der Waals surface area contributed by atoms with Gasteiger partial charge in [-0.05, 0) is 24.1 Å². The second-order valence-electron chi connectivity index (χ2n) is 3.12. The third kappa shape index (κ3) is 3.04. The second kappa shape index (κ2) is 5.88. The van der Waals surface area contributed by atoms with Crippen molar-refractivity contribution in [3.63, 3.8) is 0 Å². The van der Waals surface area contributed by atoms with Crippen LogP contribution in [-0.2, 0) is 10.5 Å². The Balaban J connectivity index is 3.01. The summed E-state index contributed by atoms with van der Waals surface area (Å²) < 4.78 is 15.5. The summed E-state index contributed by atoms with van der Waals surface area (Å²) in [6.45, 7) is 2.23. The molecule has 0 saturated carbocycles. The highest BCUT2D eigenvalue weighted by molar-refractivity contribution is 7.79. The van der Waals surface area contributed by atoms with Crippen molar-refractivity contribution in [1.29, 1.82) is 0 Å². The van der Waals surface area contributed by atoms with Crippen molar-refractivity contribution in [2.24, 2.45) is 0 Å². The molecule has 0 fully saturated rings. The molecule has 1 aromatic carbocycles. The molecule has 0 saturated heterocycles. The number of hydrogen-bond acceptors (Lipinski definition) is 4. The molecule has 0 atom stereocenters. The number of rotatable bonds is 5. The fraction of sp³-hybridized carbons (Fsp3) is 0.455. The molecule has 0 aromatic heterocycles. The van der Waals surface area contributed by atoms with Crippen LogP contribution in [0.4, 0.5) is 0 Å². The van der Waals surface area contributed by atoms with E-state index in [9.17, 15) is 0 Å². The zero-order chi connectivity index (χ0) is 11.3. The van der Waals surface area contributed by atoms with Crippen molar-refractivity contribution in [3.05, 3.63) is 23.3 Å². The van der Waals surface area contributed by atoms with Crippen molar-refractivity contribution in [2.75, 3.05) is 21.0 Å². The maximum Gasteiger partial charge on any atom is 0.188 e. The van der Waals surface area contributed by atoms with Crippen molar-refractivity contribution < 1.29 is 14.2 Å². The average Bonchev–Trinajstić information content (AvgIpc) is 2.27. The molecule has 0 aliphatic rings. The fourth-order valence-corrected chi connectivity index (χ4v) is 1.60. The van der Waals surface area contributed by atoms with E-state index in [1.807, 2.05) is 19.1 Å². The lowest BCUT2D eigenvalue weighted by Gasteiger charge is -2.13. The third-order valence-corrected chi connectivity index (χ3v) is 2.52. The zero-order valence-corrected chi connectivity index (χ0v) is 10.1. The molecule has 4 heteroatoms. The van der Waals surface area contributed by atoms with Gasteiger partial charge in [-0.2, -0.15) is 12.6 Å². The molecule has 0 heterocycles. The molecule has 15 heavy (non-hydrogen) atoms. The molecule has 0 aliphatic heterocycles. The van der Waals surface area contributed by atoms with Crippen LogP contribution >= 0.6 is 12.6 Å². The van der Waals surface area contributed by atoms with Crippen molar-refractivity contribution in [3.8, 4) is 11.5 Å². The molecule has 0 radical (unpaired) electrons. The Morgan fingerprint density at radius 2 is 2.00 bits per heavy atom. The first-order chi connectivity index (χ1) is 7.22. The normalized spacial score (nSPS) is 10.1. The molecule has 0 spiro atoms. The van der Waals surface area contributed by atoms with Gasteiger partial charge in [-0.15, -0.1) is 0 Å². The molecule has 3 nitrogen and oxygen atoms in total. The molecule has 0 bridgehead atoms. The number of methoxy groups -OCH3 is 2. The second-order valence-corrected chi connectivity index (χ2v) is 3.43. The van der Waals surface area contributed by atoms with E-state index in [1.165, 1.54) is 0 Å². The highest BCUT2D eigenvalue weighted by Crippen LogP contribution is 2.29. The number of hydrogen-bond donors (Lipinski definition) is 1. The van der Waals surface area contributed by atoms with Gasteiger partial charge in [-0.1, -0.05) is 0 Å². The van der Waals surface area contributed by atoms with Gasteiger partial charge in [0.25, 0.3) is 0 Å². The van der Waals surface area contributed by atoms with Crippen molar-refractivity contribution in [2.45, 2.75) is 12.7 Å². The van der Waals surface area contributed by atoms with Crippen LogP contribution in [0.25, 0.3) is 0 Å². The smallest absolute Gasteiger partial charge is 0.188 e. The molecular weight excluding hydrogens is 212 g/mol. The van der Waals surface area contributed by atoms with Crippen LogP contribution in [0.1, 0.15) is 11.1 Å². The molecule has 0 N–H and O–H groups in total. The first-order valence-electron chi connectivity index (χ1n) is 4.63. The highest BCUT2D eigenvalue weighted by atomic mass is 32.1. The first-order valence-corrected chi connectivity index (χ1v) is 5.26. The van der Waals surface area contributed by atoms with Crippen LogP contribution in [0.3, 0.4) is 0 Å². The Morgan fingerprint density at radius 3 is 2.53 bits per heavy atom. The fourth-order valence-electron chi connectivity index (χ4n) is 1.27. The number of ether oxygens (including phenoxy) is 3. The Kier molecular flexibility index (Phi) is 4.78. The molecule has 0 amide bonds. The lowest BCUT2D eigenvalue weighted by atomic mass is 10.1. The standard InChI is InChI=1S/C11H16O3S/c1-8-9(6-15)4-10(13-3)5-11(8)14-7-12-2/h4-5,15H,6-7H2,1-3H3. The summed E-state index contributed by atoms with van der Waals surface area (Å²) in [5.74, 6) is 2.21. The summed E-state index contributed by atoms with van der Waals surface area (Å²) in [6, 6.07) is 3.81. The van der Waals surface area contributed by atoms with Gasteiger partial charge in [-0.25, -0.2) is 0 Å². The minimum Gasteiger partial charge on any atom is -0.497 e. The highest BCUT2D eigenvalue weighted by Gasteiger charge is 2.07. The van der Waals surface area contributed by atoms with Crippen LogP contribution in [0.15, 0.2) is 12.1 Å².